The number of nitrogens with one attached hydrogen (secondary N) is 1. The quantitative estimate of drug-likeness (QED) is 0.557. The zero-order chi connectivity index (χ0) is 8.10. The van der Waals surface area contributed by atoms with E-state index in [1.165, 1.54) is 0 Å². The van der Waals surface area contributed by atoms with Gasteiger partial charge in [0.05, 0.1) is 5.69 Å². The Kier molecular flexibility index (Phi) is 2.74. The number of benzene rings is 1. The number of hydrogen-bond donors (Lipinski definition) is 1. The van der Waals surface area contributed by atoms with Gasteiger partial charge in [0.2, 0.25) is 0 Å². The molecule has 1 aromatic rings. The smallest absolute Gasteiger partial charge is 0.320 e. The van der Waals surface area contributed by atoms with Crippen molar-refractivity contribution in [3.8, 4) is 0 Å². The van der Waals surface area contributed by atoms with E-state index >= 15 is 0 Å². The monoisotopic (exact) mass is 171 g/mol. The molecule has 0 bridgehead atoms. The second-order valence-electron chi connectivity index (χ2n) is 1.82. The van der Waals surface area contributed by atoms with Gasteiger partial charge in [-0.1, -0.05) is 11.6 Å². The Balaban J connectivity index is 2.58. The predicted molar refractivity (Wildman–Crippen MR) is 42.2 cm³/mol. The lowest BCUT2D eigenvalue weighted by molar-refractivity contribution is -0.126. The molecular formula is C7H6ClNO2. The van der Waals surface area contributed by atoms with Crippen LogP contribution in [-0.2, 0) is 9.63 Å². The van der Waals surface area contributed by atoms with E-state index in [-0.39, 0.29) is 0 Å². The molecule has 0 heterocycles. The zero-order valence-corrected chi connectivity index (χ0v) is 6.34. The van der Waals surface area contributed by atoms with Crippen LogP contribution in [0.3, 0.4) is 0 Å². The van der Waals surface area contributed by atoms with Gasteiger partial charge in [0.15, 0.2) is 0 Å². The van der Waals surface area contributed by atoms with Crippen molar-refractivity contribution >= 4 is 23.8 Å². The molecule has 0 saturated heterocycles. The molecule has 0 aliphatic rings. The van der Waals surface area contributed by atoms with Gasteiger partial charge in [0, 0.05) is 5.02 Å². The molecule has 0 radical (unpaired) electrons. The molecule has 0 amide bonds. The van der Waals surface area contributed by atoms with Gasteiger partial charge in [-0.3, -0.25) is 4.79 Å². The standard InChI is InChI=1S/C7H6ClNO2/c8-6-1-3-7(4-2-6)9-11-5-10/h1-5,9H. The van der Waals surface area contributed by atoms with Crippen molar-refractivity contribution in [2.75, 3.05) is 5.48 Å². The van der Waals surface area contributed by atoms with Crippen molar-refractivity contribution in [1.29, 1.82) is 0 Å². The van der Waals surface area contributed by atoms with Crippen molar-refractivity contribution in [3.63, 3.8) is 0 Å². The van der Waals surface area contributed by atoms with Gasteiger partial charge in [-0.25, -0.2) is 5.48 Å². The maximum atomic E-state index is 9.73. The molecular weight excluding hydrogens is 166 g/mol. The highest BCUT2D eigenvalue weighted by molar-refractivity contribution is 6.30. The molecule has 1 N–H and O–H groups in total. The van der Waals surface area contributed by atoms with E-state index in [9.17, 15) is 4.79 Å². The third kappa shape index (κ3) is 2.47. The summed E-state index contributed by atoms with van der Waals surface area (Å²) in [7, 11) is 0. The summed E-state index contributed by atoms with van der Waals surface area (Å²) in [6.07, 6.45) is 0. The molecule has 58 valence electrons. The Hall–Kier alpha value is -1.22. The van der Waals surface area contributed by atoms with Crippen LogP contribution in [0.5, 0.6) is 0 Å². The van der Waals surface area contributed by atoms with Crippen LogP contribution >= 0.6 is 11.6 Å². The van der Waals surface area contributed by atoms with E-state index < -0.39 is 0 Å². The van der Waals surface area contributed by atoms with Crippen molar-refractivity contribution in [3.05, 3.63) is 29.3 Å². The highest BCUT2D eigenvalue weighted by Crippen LogP contribution is 2.12. The number of hydrogen-bond acceptors (Lipinski definition) is 3. The fraction of sp³-hybridized carbons (Fsp3) is 0. The van der Waals surface area contributed by atoms with Crippen LogP contribution in [0.1, 0.15) is 0 Å². The lowest BCUT2D eigenvalue weighted by atomic mass is 10.3. The number of halogens is 1. The number of carbonyl (C=O) groups is 1. The van der Waals surface area contributed by atoms with Crippen LogP contribution < -0.4 is 5.48 Å². The first kappa shape index (κ1) is 7.88. The van der Waals surface area contributed by atoms with Crippen molar-refractivity contribution in [2.45, 2.75) is 0 Å². The zero-order valence-electron chi connectivity index (χ0n) is 5.58. The molecule has 0 unspecified atom stereocenters. The molecule has 1 aromatic carbocycles. The molecule has 0 atom stereocenters. The van der Waals surface area contributed by atoms with Gasteiger partial charge >= 0.3 is 6.47 Å². The maximum absolute atomic E-state index is 9.73. The van der Waals surface area contributed by atoms with Crippen molar-refractivity contribution < 1.29 is 9.63 Å². The van der Waals surface area contributed by atoms with Crippen molar-refractivity contribution in [1.82, 2.24) is 0 Å². The maximum Gasteiger partial charge on any atom is 0.320 e. The summed E-state index contributed by atoms with van der Waals surface area (Å²) in [5.41, 5.74) is 3.08. The molecule has 0 fully saturated rings. The lowest BCUT2D eigenvalue weighted by Gasteiger charge is -2.00. The number of anilines is 1. The van der Waals surface area contributed by atoms with E-state index in [1.54, 1.807) is 24.3 Å². The third-order valence-corrected chi connectivity index (χ3v) is 1.32. The number of rotatable bonds is 3. The summed E-state index contributed by atoms with van der Waals surface area (Å²) in [5.74, 6) is 0. The first-order chi connectivity index (χ1) is 5.33. The second kappa shape index (κ2) is 3.83. The van der Waals surface area contributed by atoms with Gasteiger partial charge in [-0.05, 0) is 24.3 Å². The first-order valence-electron chi connectivity index (χ1n) is 2.94. The van der Waals surface area contributed by atoms with Crippen LogP contribution in [0.2, 0.25) is 5.02 Å². The highest BCUT2D eigenvalue weighted by Gasteiger charge is 1.89. The van der Waals surface area contributed by atoms with Gasteiger partial charge in [0.1, 0.15) is 0 Å². The summed E-state index contributed by atoms with van der Waals surface area (Å²) in [6, 6.07) is 6.79. The fourth-order valence-corrected chi connectivity index (χ4v) is 0.736. The summed E-state index contributed by atoms with van der Waals surface area (Å²) in [5, 5.41) is 0.640. The summed E-state index contributed by atoms with van der Waals surface area (Å²) >= 11 is 5.61. The molecule has 0 aromatic heterocycles. The molecule has 0 saturated carbocycles. The van der Waals surface area contributed by atoms with E-state index in [4.69, 9.17) is 11.6 Å². The average molecular weight is 172 g/mol. The Labute approximate surface area is 68.9 Å². The van der Waals surface area contributed by atoms with Crippen LogP contribution in [0.25, 0.3) is 0 Å². The second-order valence-corrected chi connectivity index (χ2v) is 2.26. The van der Waals surface area contributed by atoms with Crippen LogP contribution in [0.4, 0.5) is 5.69 Å². The van der Waals surface area contributed by atoms with Crippen molar-refractivity contribution in [2.24, 2.45) is 0 Å². The largest absolute Gasteiger partial charge is 0.347 e. The average Bonchev–Trinajstić information content (AvgIpc) is 2.04. The summed E-state index contributed by atoms with van der Waals surface area (Å²) in [6.45, 7) is 0.314. The SMILES string of the molecule is O=CONc1ccc(Cl)cc1. The normalized spacial score (nSPS) is 8.82. The van der Waals surface area contributed by atoms with Gasteiger partial charge in [-0.2, -0.15) is 0 Å². The van der Waals surface area contributed by atoms with E-state index in [2.05, 4.69) is 10.3 Å². The van der Waals surface area contributed by atoms with Gasteiger partial charge < -0.3 is 4.84 Å². The topological polar surface area (TPSA) is 38.3 Å². The van der Waals surface area contributed by atoms with Gasteiger partial charge in [0.25, 0.3) is 0 Å². The fourth-order valence-electron chi connectivity index (χ4n) is 0.610. The highest BCUT2D eigenvalue weighted by atomic mass is 35.5. The molecule has 3 nitrogen and oxygen atoms in total. The van der Waals surface area contributed by atoms with E-state index in [0.29, 0.717) is 17.2 Å². The molecule has 1 rings (SSSR count). The minimum Gasteiger partial charge on any atom is -0.347 e. The first-order valence-corrected chi connectivity index (χ1v) is 3.31. The van der Waals surface area contributed by atoms with Crippen LogP contribution in [-0.4, -0.2) is 6.47 Å². The van der Waals surface area contributed by atoms with Crippen LogP contribution in [0, 0.1) is 0 Å². The Morgan fingerprint density at radius 2 is 2.00 bits per heavy atom. The summed E-state index contributed by atoms with van der Waals surface area (Å²) in [4.78, 5) is 14.0. The summed E-state index contributed by atoms with van der Waals surface area (Å²) < 4.78 is 0. The van der Waals surface area contributed by atoms with Gasteiger partial charge in [-0.15, -0.1) is 0 Å². The minimum atomic E-state index is 0.314. The Bertz CT molecular complexity index is 235. The molecule has 0 spiro atoms. The molecule has 4 heteroatoms. The Morgan fingerprint density at radius 1 is 1.36 bits per heavy atom. The van der Waals surface area contributed by atoms with Crippen LogP contribution in [0.15, 0.2) is 24.3 Å². The third-order valence-electron chi connectivity index (χ3n) is 1.07. The minimum absolute atomic E-state index is 0.314. The van der Waals surface area contributed by atoms with E-state index in [1.807, 2.05) is 0 Å². The predicted octanol–water partition coefficient (Wildman–Crippen LogP) is 1.84. The van der Waals surface area contributed by atoms with E-state index in [0.717, 1.165) is 0 Å². The molecule has 0 aliphatic heterocycles. The molecule has 11 heavy (non-hydrogen) atoms. The Morgan fingerprint density at radius 3 is 2.55 bits per heavy atom. The number of carbonyl (C=O) groups excluding carboxylic acids is 1. The lowest BCUT2D eigenvalue weighted by Crippen LogP contribution is -1.97. The molecule has 0 aliphatic carbocycles.